The number of fused-ring (bicyclic) bond motifs is 1. The van der Waals surface area contributed by atoms with E-state index in [1.165, 1.54) is 24.8 Å². The summed E-state index contributed by atoms with van der Waals surface area (Å²) in [7, 11) is 0. The van der Waals surface area contributed by atoms with Crippen LogP contribution in [0.25, 0.3) is 0 Å². The molecule has 3 amide bonds. The summed E-state index contributed by atoms with van der Waals surface area (Å²) >= 11 is 0. The Morgan fingerprint density at radius 1 is 1.18 bits per heavy atom. The molecule has 2 saturated heterocycles. The summed E-state index contributed by atoms with van der Waals surface area (Å²) in [6.45, 7) is 3.33. The number of nitrogens with one attached hydrogen (secondary N) is 3. The zero-order valence-corrected chi connectivity index (χ0v) is 15.9. The summed E-state index contributed by atoms with van der Waals surface area (Å²) in [6.07, 6.45) is 4.48. The van der Waals surface area contributed by atoms with Crippen LogP contribution < -0.4 is 16.0 Å². The van der Waals surface area contributed by atoms with E-state index in [0.717, 1.165) is 31.1 Å². The zero-order chi connectivity index (χ0) is 19.3. The maximum absolute atomic E-state index is 12.8. The quantitative estimate of drug-likeness (QED) is 0.652. The summed E-state index contributed by atoms with van der Waals surface area (Å²) in [5.41, 5.74) is 3.03. The molecular weight excluding hydrogens is 356 g/mol. The number of rotatable bonds is 5. The Balaban J connectivity index is 1.29. The van der Waals surface area contributed by atoms with Gasteiger partial charge in [-0.05, 0) is 55.3 Å². The maximum atomic E-state index is 12.8. The second kappa shape index (κ2) is 6.67. The van der Waals surface area contributed by atoms with E-state index in [0.29, 0.717) is 18.5 Å². The molecule has 0 aromatic heterocycles. The topological polar surface area (TPSA) is 90.5 Å². The lowest BCUT2D eigenvalue weighted by Gasteiger charge is -2.30. The van der Waals surface area contributed by atoms with Crippen LogP contribution in [0.4, 0.5) is 0 Å². The van der Waals surface area contributed by atoms with Crippen LogP contribution in [-0.2, 0) is 22.7 Å². The Morgan fingerprint density at radius 2 is 2.04 bits per heavy atom. The highest BCUT2D eigenvalue weighted by atomic mass is 16.2. The van der Waals surface area contributed by atoms with E-state index in [-0.39, 0.29) is 29.7 Å². The Bertz CT molecular complexity index is 842. The SMILES string of the molecule is O=C1CCC(N2Cc3cc(CNC4(C5CC5)CCNC4)ccc3C2=O)C(=O)N1. The molecule has 0 radical (unpaired) electrons. The number of amides is 3. The molecule has 3 heterocycles. The molecule has 2 unspecified atom stereocenters. The fourth-order valence-electron chi connectivity index (χ4n) is 5.01. The van der Waals surface area contributed by atoms with Gasteiger partial charge in [-0.3, -0.25) is 19.7 Å². The zero-order valence-electron chi connectivity index (χ0n) is 15.9. The fourth-order valence-corrected chi connectivity index (χ4v) is 5.01. The molecule has 1 aromatic carbocycles. The molecule has 4 aliphatic rings. The monoisotopic (exact) mass is 382 g/mol. The molecule has 0 spiro atoms. The third-order valence-corrected chi connectivity index (χ3v) is 6.78. The molecule has 28 heavy (non-hydrogen) atoms. The van der Waals surface area contributed by atoms with Crippen molar-refractivity contribution in [3.05, 3.63) is 34.9 Å². The van der Waals surface area contributed by atoms with Gasteiger partial charge in [-0.25, -0.2) is 0 Å². The Kier molecular flexibility index (Phi) is 4.25. The van der Waals surface area contributed by atoms with Gasteiger partial charge in [0, 0.05) is 37.2 Å². The number of hydrogen-bond acceptors (Lipinski definition) is 5. The molecule has 3 fully saturated rings. The minimum absolute atomic E-state index is 0.113. The highest BCUT2D eigenvalue weighted by Crippen LogP contribution is 2.43. The Labute approximate surface area is 164 Å². The summed E-state index contributed by atoms with van der Waals surface area (Å²) in [5, 5.41) is 9.64. The van der Waals surface area contributed by atoms with E-state index in [1.54, 1.807) is 4.90 Å². The van der Waals surface area contributed by atoms with Crippen LogP contribution >= 0.6 is 0 Å². The van der Waals surface area contributed by atoms with Crippen molar-refractivity contribution in [1.82, 2.24) is 20.9 Å². The van der Waals surface area contributed by atoms with E-state index in [2.05, 4.69) is 22.0 Å². The standard InChI is InChI=1S/C21H26N4O3/c26-18-6-5-17(19(27)24-18)25-11-14-9-13(1-4-16(14)20(25)28)10-23-21(15-2-3-15)7-8-22-12-21/h1,4,9,15,17,22-23H,2-3,5-8,10-12H2,(H,24,26,27). The number of hydrogen-bond donors (Lipinski definition) is 3. The van der Waals surface area contributed by atoms with Crippen molar-refractivity contribution in [2.24, 2.45) is 5.92 Å². The van der Waals surface area contributed by atoms with E-state index in [9.17, 15) is 14.4 Å². The molecule has 3 N–H and O–H groups in total. The molecule has 0 bridgehead atoms. The third kappa shape index (κ3) is 3.02. The number of nitrogens with zero attached hydrogens (tertiary/aromatic N) is 1. The molecule has 1 aromatic rings. The second-order valence-corrected chi connectivity index (χ2v) is 8.60. The lowest BCUT2D eigenvalue weighted by atomic mass is 9.91. The van der Waals surface area contributed by atoms with Gasteiger partial charge < -0.3 is 15.5 Å². The van der Waals surface area contributed by atoms with Crippen molar-refractivity contribution in [2.75, 3.05) is 13.1 Å². The Hall–Kier alpha value is -2.25. The lowest BCUT2D eigenvalue weighted by molar-refractivity contribution is -0.136. The van der Waals surface area contributed by atoms with Crippen molar-refractivity contribution < 1.29 is 14.4 Å². The highest BCUT2D eigenvalue weighted by molar-refractivity contribution is 6.05. The van der Waals surface area contributed by atoms with Gasteiger partial charge in [0.25, 0.3) is 5.91 Å². The van der Waals surface area contributed by atoms with Crippen LogP contribution in [-0.4, -0.2) is 47.3 Å². The van der Waals surface area contributed by atoms with Crippen LogP contribution in [0.5, 0.6) is 0 Å². The largest absolute Gasteiger partial charge is 0.322 e. The number of piperidine rings is 1. The van der Waals surface area contributed by atoms with Crippen LogP contribution in [0, 0.1) is 5.92 Å². The first kappa shape index (κ1) is 17.8. The molecule has 148 valence electrons. The van der Waals surface area contributed by atoms with Gasteiger partial charge in [0.05, 0.1) is 0 Å². The minimum atomic E-state index is -0.554. The van der Waals surface area contributed by atoms with Crippen LogP contribution in [0.1, 0.15) is 53.6 Å². The van der Waals surface area contributed by atoms with Gasteiger partial charge in [0.1, 0.15) is 6.04 Å². The Morgan fingerprint density at radius 3 is 2.75 bits per heavy atom. The predicted octanol–water partition coefficient (Wildman–Crippen LogP) is 0.679. The minimum Gasteiger partial charge on any atom is -0.322 e. The number of carbonyl (C=O) groups is 3. The number of imide groups is 1. The van der Waals surface area contributed by atoms with Crippen molar-refractivity contribution in [3.8, 4) is 0 Å². The molecule has 2 atom stereocenters. The van der Waals surface area contributed by atoms with Crippen molar-refractivity contribution >= 4 is 17.7 Å². The van der Waals surface area contributed by atoms with Crippen LogP contribution in [0.2, 0.25) is 0 Å². The summed E-state index contributed by atoms with van der Waals surface area (Å²) in [6, 6.07) is 5.44. The predicted molar refractivity (Wildman–Crippen MR) is 102 cm³/mol. The van der Waals surface area contributed by atoms with Gasteiger partial charge in [0.15, 0.2) is 0 Å². The van der Waals surface area contributed by atoms with E-state index in [4.69, 9.17) is 0 Å². The van der Waals surface area contributed by atoms with Gasteiger partial charge in [-0.1, -0.05) is 12.1 Å². The summed E-state index contributed by atoms with van der Waals surface area (Å²) in [5.74, 6) is 0.0455. The first-order chi connectivity index (χ1) is 13.6. The number of benzene rings is 1. The van der Waals surface area contributed by atoms with E-state index >= 15 is 0 Å². The second-order valence-electron chi connectivity index (χ2n) is 8.60. The molecule has 1 saturated carbocycles. The van der Waals surface area contributed by atoms with Gasteiger partial charge >= 0.3 is 0 Å². The van der Waals surface area contributed by atoms with Gasteiger partial charge in [-0.15, -0.1) is 0 Å². The lowest BCUT2D eigenvalue weighted by Crippen LogP contribution is -2.52. The van der Waals surface area contributed by atoms with Gasteiger partial charge in [0.2, 0.25) is 11.8 Å². The highest BCUT2D eigenvalue weighted by Gasteiger charge is 2.46. The first-order valence-corrected chi connectivity index (χ1v) is 10.3. The third-order valence-electron chi connectivity index (χ3n) is 6.78. The molecule has 3 aliphatic heterocycles. The molecule has 7 nitrogen and oxygen atoms in total. The normalized spacial score (nSPS) is 29.9. The smallest absolute Gasteiger partial charge is 0.255 e. The van der Waals surface area contributed by atoms with Crippen molar-refractivity contribution in [3.63, 3.8) is 0 Å². The molecule has 7 heteroatoms. The summed E-state index contributed by atoms with van der Waals surface area (Å²) in [4.78, 5) is 38.0. The van der Waals surface area contributed by atoms with Gasteiger partial charge in [-0.2, -0.15) is 0 Å². The molecule has 5 rings (SSSR count). The summed E-state index contributed by atoms with van der Waals surface area (Å²) < 4.78 is 0. The van der Waals surface area contributed by atoms with E-state index < -0.39 is 6.04 Å². The van der Waals surface area contributed by atoms with Crippen LogP contribution in [0.15, 0.2) is 18.2 Å². The van der Waals surface area contributed by atoms with Crippen LogP contribution in [0.3, 0.4) is 0 Å². The fraction of sp³-hybridized carbons (Fsp3) is 0.571. The average molecular weight is 382 g/mol. The maximum Gasteiger partial charge on any atom is 0.255 e. The average Bonchev–Trinajstić information content (AvgIpc) is 3.35. The first-order valence-electron chi connectivity index (χ1n) is 10.3. The van der Waals surface area contributed by atoms with Crippen molar-refractivity contribution in [1.29, 1.82) is 0 Å². The molecule has 1 aliphatic carbocycles. The molecular formula is C21H26N4O3. The van der Waals surface area contributed by atoms with E-state index in [1.807, 2.05) is 12.1 Å². The van der Waals surface area contributed by atoms with Crippen molar-refractivity contribution in [2.45, 2.75) is 56.8 Å². The number of carbonyl (C=O) groups excluding carboxylic acids is 3.